The number of ether oxygens (including phenoxy) is 1. The molecule has 0 spiro atoms. The molecule has 0 aromatic heterocycles. The summed E-state index contributed by atoms with van der Waals surface area (Å²) >= 11 is 0. The predicted octanol–water partition coefficient (Wildman–Crippen LogP) is 4.31. The van der Waals surface area contributed by atoms with Gasteiger partial charge in [0.25, 0.3) is 5.56 Å². The maximum Gasteiger partial charge on any atom is 0.338 e. The van der Waals surface area contributed by atoms with Crippen LogP contribution in [-0.2, 0) is 22.6 Å². The molecular weight excluding hydrogens is 475 g/mol. The number of halogens is 1. The van der Waals surface area contributed by atoms with E-state index in [0.717, 1.165) is 10.2 Å². The number of hydrogen-bond donors (Lipinski definition) is 1. The Morgan fingerprint density at radius 3 is 2.51 bits per heavy atom. The number of nitrogens with one attached hydrogen (secondary N) is 1. The Morgan fingerprint density at radius 1 is 1.03 bits per heavy atom. The quantitative estimate of drug-likeness (QED) is 0.338. The van der Waals surface area contributed by atoms with Crippen molar-refractivity contribution < 1.29 is 18.7 Å². The standard InChI is InChI=1S/C28H23FN4O4/c1-2-37-28(36)19-8-11-21(12-9-19)30-25(34)17-33-27(35)23-16-32(15-18-6-4-3-5-7-18)24-13-10-20(29)14-22(24)26(23)31-33/h3-14,16H,2,15,17H2,1H3,(H,30,34). The summed E-state index contributed by atoms with van der Waals surface area (Å²) in [5.41, 5.74) is 2.73. The van der Waals surface area contributed by atoms with Gasteiger partial charge in [0, 0.05) is 23.8 Å². The van der Waals surface area contributed by atoms with E-state index in [1.807, 2.05) is 34.9 Å². The van der Waals surface area contributed by atoms with Gasteiger partial charge in [0.05, 0.1) is 23.3 Å². The van der Waals surface area contributed by atoms with E-state index in [1.165, 1.54) is 12.1 Å². The van der Waals surface area contributed by atoms with E-state index in [0.29, 0.717) is 40.0 Å². The first-order valence-electron chi connectivity index (χ1n) is 11.7. The summed E-state index contributed by atoms with van der Waals surface area (Å²) in [7, 11) is 0. The van der Waals surface area contributed by atoms with Gasteiger partial charge in [-0.25, -0.2) is 13.9 Å². The van der Waals surface area contributed by atoms with Gasteiger partial charge in [0.15, 0.2) is 0 Å². The molecule has 0 fully saturated rings. The Labute approximate surface area is 211 Å². The van der Waals surface area contributed by atoms with Crippen molar-refractivity contribution in [3.05, 3.63) is 106 Å². The first kappa shape index (κ1) is 23.9. The Morgan fingerprint density at radius 2 is 1.78 bits per heavy atom. The highest BCUT2D eigenvalue weighted by molar-refractivity contribution is 5.95. The molecule has 3 aromatic rings. The van der Waals surface area contributed by atoms with Gasteiger partial charge in [-0.2, -0.15) is 5.10 Å². The molecule has 37 heavy (non-hydrogen) atoms. The fraction of sp³-hybridized carbons (Fsp3) is 0.143. The summed E-state index contributed by atoms with van der Waals surface area (Å²) in [5.74, 6) is -1.37. The SMILES string of the molecule is CCOC(=O)c1ccc(NC(=O)Cn2nc3c4cc(F)ccc4n(Cc4ccccc4)cc-3c2=O)cc1. The molecule has 9 heteroatoms. The molecule has 2 aliphatic heterocycles. The zero-order valence-electron chi connectivity index (χ0n) is 20.0. The molecule has 1 amide bonds. The van der Waals surface area contributed by atoms with Gasteiger partial charge < -0.3 is 14.6 Å². The summed E-state index contributed by atoms with van der Waals surface area (Å²) in [6, 6.07) is 20.3. The van der Waals surface area contributed by atoms with Crippen LogP contribution in [0, 0.1) is 5.82 Å². The largest absolute Gasteiger partial charge is 0.462 e. The minimum Gasteiger partial charge on any atom is -0.462 e. The highest BCUT2D eigenvalue weighted by Gasteiger charge is 2.22. The predicted molar refractivity (Wildman–Crippen MR) is 137 cm³/mol. The molecule has 0 unspecified atom stereocenters. The van der Waals surface area contributed by atoms with Crippen molar-refractivity contribution in [1.29, 1.82) is 0 Å². The summed E-state index contributed by atoms with van der Waals surface area (Å²) < 4.78 is 22.1. The second-order valence-electron chi connectivity index (χ2n) is 8.48. The summed E-state index contributed by atoms with van der Waals surface area (Å²) in [4.78, 5) is 37.7. The number of carbonyl (C=O) groups is 2. The minimum absolute atomic E-state index is 0.265. The highest BCUT2D eigenvalue weighted by Crippen LogP contribution is 2.28. The number of aromatic nitrogens is 3. The molecule has 8 nitrogen and oxygen atoms in total. The number of carbonyl (C=O) groups excluding carboxylic acids is 2. The molecule has 5 rings (SSSR count). The monoisotopic (exact) mass is 498 g/mol. The molecule has 0 saturated carbocycles. The highest BCUT2D eigenvalue weighted by atomic mass is 19.1. The number of hydrogen-bond acceptors (Lipinski definition) is 5. The first-order chi connectivity index (χ1) is 17.9. The van der Waals surface area contributed by atoms with Crippen molar-refractivity contribution in [1.82, 2.24) is 14.3 Å². The van der Waals surface area contributed by atoms with Crippen LogP contribution in [0.1, 0.15) is 22.8 Å². The van der Waals surface area contributed by atoms with E-state index in [1.54, 1.807) is 43.5 Å². The first-order valence-corrected chi connectivity index (χ1v) is 11.7. The molecule has 0 saturated heterocycles. The number of esters is 1. The summed E-state index contributed by atoms with van der Waals surface area (Å²) in [6.45, 7) is 2.13. The fourth-order valence-corrected chi connectivity index (χ4v) is 4.21. The van der Waals surface area contributed by atoms with Crippen LogP contribution >= 0.6 is 0 Å². The normalized spacial score (nSPS) is 11.1. The van der Waals surface area contributed by atoms with Crippen LogP contribution in [0.5, 0.6) is 0 Å². The molecule has 0 bridgehead atoms. The van der Waals surface area contributed by atoms with Gasteiger partial charge in [-0.1, -0.05) is 30.3 Å². The van der Waals surface area contributed by atoms with Crippen molar-refractivity contribution in [2.45, 2.75) is 20.0 Å². The minimum atomic E-state index is -0.471. The second-order valence-corrected chi connectivity index (χ2v) is 8.48. The molecule has 0 atom stereocenters. The molecular formula is C28H23FN4O4. The number of amides is 1. The molecule has 0 radical (unpaired) electrons. The van der Waals surface area contributed by atoms with Crippen LogP contribution in [-0.4, -0.2) is 32.8 Å². The van der Waals surface area contributed by atoms with Crippen molar-refractivity contribution in [2.75, 3.05) is 11.9 Å². The Kier molecular flexibility index (Phi) is 6.51. The maximum absolute atomic E-state index is 14.2. The van der Waals surface area contributed by atoms with Gasteiger partial charge in [0.2, 0.25) is 5.91 Å². The average molecular weight is 499 g/mol. The third kappa shape index (κ3) is 4.97. The molecule has 2 heterocycles. The van der Waals surface area contributed by atoms with Crippen LogP contribution in [0.3, 0.4) is 0 Å². The van der Waals surface area contributed by atoms with Crippen molar-refractivity contribution in [3.8, 4) is 11.3 Å². The lowest BCUT2D eigenvalue weighted by molar-refractivity contribution is -0.116. The average Bonchev–Trinajstić information content (AvgIpc) is 3.20. The van der Waals surface area contributed by atoms with Gasteiger partial charge >= 0.3 is 5.97 Å². The van der Waals surface area contributed by atoms with Crippen molar-refractivity contribution >= 4 is 28.5 Å². The number of nitrogens with zero attached hydrogens (tertiary/aromatic N) is 3. The summed E-state index contributed by atoms with van der Waals surface area (Å²) in [6.07, 6.45) is 1.69. The fourth-order valence-electron chi connectivity index (χ4n) is 4.21. The maximum atomic E-state index is 14.2. The van der Waals surface area contributed by atoms with Gasteiger partial charge in [-0.05, 0) is 55.0 Å². The van der Waals surface area contributed by atoms with Crippen molar-refractivity contribution in [3.63, 3.8) is 0 Å². The van der Waals surface area contributed by atoms with E-state index >= 15 is 0 Å². The summed E-state index contributed by atoms with van der Waals surface area (Å²) in [5, 5.41) is 7.55. The lowest BCUT2D eigenvalue weighted by Crippen LogP contribution is -2.26. The van der Waals surface area contributed by atoms with E-state index in [9.17, 15) is 18.8 Å². The molecule has 1 N–H and O–H groups in total. The Bertz CT molecular complexity index is 1620. The Hall–Kier alpha value is -4.79. The van der Waals surface area contributed by atoms with Crippen LogP contribution in [0.15, 0.2) is 83.8 Å². The van der Waals surface area contributed by atoms with E-state index in [-0.39, 0.29) is 13.2 Å². The van der Waals surface area contributed by atoms with Crippen LogP contribution < -0.4 is 10.9 Å². The van der Waals surface area contributed by atoms with Crippen LogP contribution in [0.2, 0.25) is 0 Å². The van der Waals surface area contributed by atoms with Crippen LogP contribution in [0.4, 0.5) is 10.1 Å². The van der Waals surface area contributed by atoms with Gasteiger partial charge in [-0.15, -0.1) is 0 Å². The van der Waals surface area contributed by atoms with Crippen LogP contribution in [0.25, 0.3) is 22.2 Å². The zero-order chi connectivity index (χ0) is 25.9. The topological polar surface area (TPSA) is 95.2 Å². The molecule has 3 aromatic carbocycles. The number of rotatable bonds is 7. The molecule has 0 aliphatic carbocycles. The van der Waals surface area contributed by atoms with Gasteiger partial charge in [0.1, 0.15) is 18.1 Å². The lowest BCUT2D eigenvalue weighted by atomic mass is 10.1. The number of fused-ring (bicyclic) bond motifs is 3. The third-order valence-corrected chi connectivity index (χ3v) is 5.92. The molecule has 2 aliphatic rings. The number of pyridine rings is 1. The second kappa shape index (κ2) is 10.1. The lowest BCUT2D eigenvalue weighted by Gasteiger charge is -2.14. The van der Waals surface area contributed by atoms with E-state index in [4.69, 9.17) is 4.74 Å². The molecule has 186 valence electrons. The van der Waals surface area contributed by atoms with Gasteiger partial charge in [-0.3, -0.25) is 9.59 Å². The Balaban J connectivity index is 1.44. The van der Waals surface area contributed by atoms with Crippen molar-refractivity contribution in [2.24, 2.45) is 0 Å². The third-order valence-electron chi connectivity index (χ3n) is 5.92. The number of anilines is 1. The number of benzene rings is 3. The zero-order valence-corrected chi connectivity index (χ0v) is 20.0. The van der Waals surface area contributed by atoms with E-state index in [2.05, 4.69) is 10.4 Å². The smallest absolute Gasteiger partial charge is 0.338 e. The van der Waals surface area contributed by atoms with E-state index < -0.39 is 23.3 Å².